The standard InChI is InChI=1S/C16H16N2O4/c1-21-12-6-7-13(16(18)20)14(8-12)22-9-10-2-4-11(5-3-10)15(17)19/h2-8H,9H2,1H3,(H2,17,19)(H2,18,20). The molecule has 2 aromatic carbocycles. The number of methoxy groups -OCH3 is 1. The molecule has 114 valence electrons. The molecule has 0 aliphatic rings. The summed E-state index contributed by atoms with van der Waals surface area (Å²) in [5, 5.41) is 0. The van der Waals surface area contributed by atoms with E-state index in [1.54, 1.807) is 42.5 Å². The van der Waals surface area contributed by atoms with Crippen molar-refractivity contribution in [3.05, 3.63) is 59.2 Å². The van der Waals surface area contributed by atoms with Crippen LogP contribution in [0.25, 0.3) is 0 Å². The van der Waals surface area contributed by atoms with Crippen molar-refractivity contribution < 1.29 is 19.1 Å². The Kier molecular flexibility index (Phi) is 4.63. The molecule has 0 aromatic heterocycles. The summed E-state index contributed by atoms with van der Waals surface area (Å²) in [7, 11) is 1.52. The summed E-state index contributed by atoms with van der Waals surface area (Å²) >= 11 is 0. The number of primary amides is 2. The molecule has 0 heterocycles. The zero-order valence-electron chi connectivity index (χ0n) is 12.0. The van der Waals surface area contributed by atoms with Crippen LogP contribution < -0.4 is 20.9 Å². The highest BCUT2D eigenvalue weighted by Crippen LogP contribution is 2.25. The maximum Gasteiger partial charge on any atom is 0.252 e. The molecule has 22 heavy (non-hydrogen) atoms. The Labute approximate surface area is 127 Å². The van der Waals surface area contributed by atoms with Gasteiger partial charge in [0, 0.05) is 11.6 Å². The SMILES string of the molecule is COc1ccc(C(N)=O)c(OCc2ccc(C(N)=O)cc2)c1. The second kappa shape index (κ2) is 6.62. The van der Waals surface area contributed by atoms with Crippen molar-refractivity contribution >= 4 is 11.8 Å². The summed E-state index contributed by atoms with van der Waals surface area (Å²) < 4.78 is 10.7. The Bertz CT molecular complexity index is 696. The summed E-state index contributed by atoms with van der Waals surface area (Å²) in [6.07, 6.45) is 0. The highest BCUT2D eigenvalue weighted by molar-refractivity contribution is 5.95. The average molecular weight is 300 g/mol. The van der Waals surface area contributed by atoms with Crippen molar-refractivity contribution in [3.8, 4) is 11.5 Å². The third-order valence-corrected chi connectivity index (χ3v) is 3.09. The molecule has 0 aliphatic carbocycles. The third-order valence-electron chi connectivity index (χ3n) is 3.09. The number of carbonyl (C=O) groups excluding carboxylic acids is 2. The van der Waals surface area contributed by atoms with Crippen molar-refractivity contribution in [1.82, 2.24) is 0 Å². The fourth-order valence-electron chi connectivity index (χ4n) is 1.88. The summed E-state index contributed by atoms with van der Waals surface area (Å²) in [5.74, 6) is -0.173. The number of hydrogen-bond donors (Lipinski definition) is 2. The summed E-state index contributed by atoms with van der Waals surface area (Å²) in [4.78, 5) is 22.4. The molecule has 4 N–H and O–H groups in total. The molecular weight excluding hydrogens is 284 g/mol. The van der Waals surface area contributed by atoms with E-state index in [0.29, 0.717) is 17.1 Å². The minimum absolute atomic E-state index is 0.215. The van der Waals surface area contributed by atoms with Crippen LogP contribution in [-0.2, 0) is 6.61 Å². The van der Waals surface area contributed by atoms with Gasteiger partial charge in [0.15, 0.2) is 0 Å². The first-order valence-electron chi connectivity index (χ1n) is 6.50. The van der Waals surface area contributed by atoms with Crippen LogP contribution in [0.3, 0.4) is 0 Å². The molecule has 2 rings (SSSR count). The van der Waals surface area contributed by atoms with Gasteiger partial charge in [-0.2, -0.15) is 0 Å². The van der Waals surface area contributed by atoms with Crippen molar-refractivity contribution in [2.75, 3.05) is 7.11 Å². The Balaban J connectivity index is 2.16. The fourth-order valence-corrected chi connectivity index (χ4v) is 1.88. The second-order valence-electron chi connectivity index (χ2n) is 4.58. The monoisotopic (exact) mass is 300 g/mol. The fraction of sp³-hybridized carbons (Fsp3) is 0.125. The molecule has 0 atom stereocenters. The zero-order chi connectivity index (χ0) is 16.1. The molecule has 0 fully saturated rings. The van der Waals surface area contributed by atoms with Gasteiger partial charge in [0.25, 0.3) is 5.91 Å². The average Bonchev–Trinajstić information content (AvgIpc) is 2.52. The van der Waals surface area contributed by atoms with Crippen LogP contribution in [-0.4, -0.2) is 18.9 Å². The molecule has 2 aromatic rings. The largest absolute Gasteiger partial charge is 0.497 e. The highest BCUT2D eigenvalue weighted by atomic mass is 16.5. The molecule has 0 unspecified atom stereocenters. The van der Waals surface area contributed by atoms with Crippen molar-refractivity contribution in [2.24, 2.45) is 11.5 Å². The lowest BCUT2D eigenvalue weighted by molar-refractivity contribution is 0.0988. The van der Waals surface area contributed by atoms with Crippen LogP contribution in [0.5, 0.6) is 11.5 Å². The van der Waals surface area contributed by atoms with Gasteiger partial charge in [-0.25, -0.2) is 0 Å². The Morgan fingerprint density at radius 2 is 1.68 bits per heavy atom. The number of hydrogen-bond acceptors (Lipinski definition) is 4. The van der Waals surface area contributed by atoms with E-state index in [9.17, 15) is 9.59 Å². The van der Waals surface area contributed by atoms with E-state index in [1.165, 1.54) is 7.11 Å². The molecular formula is C16H16N2O4. The molecule has 0 spiro atoms. The zero-order valence-corrected chi connectivity index (χ0v) is 12.0. The van der Waals surface area contributed by atoms with Gasteiger partial charge in [0.2, 0.25) is 5.91 Å². The Morgan fingerprint density at radius 1 is 1.00 bits per heavy atom. The smallest absolute Gasteiger partial charge is 0.252 e. The predicted molar refractivity (Wildman–Crippen MR) is 80.8 cm³/mol. The maximum atomic E-state index is 11.4. The van der Waals surface area contributed by atoms with E-state index < -0.39 is 11.8 Å². The van der Waals surface area contributed by atoms with Crippen molar-refractivity contribution in [2.45, 2.75) is 6.61 Å². The minimum Gasteiger partial charge on any atom is -0.497 e. The van der Waals surface area contributed by atoms with Crippen LogP contribution >= 0.6 is 0 Å². The molecule has 6 nitrogen and oxygen atoms in total. The number of amides is 2. The molecule has 0 radical (unpaired) electrons. The van der Waals surface area contributed by atoms with Gasteiger partial charge in [-0.3, -0.25) is 9.59 Å². The normalized spacial score (nSPS) is 10.0. The number of nitrogens with two attached hydrogens (primary N) is 2. The van der Waals surface area contributed by atoms with Gasteiger partial charge in [-0.1, -0.05) is 12.1 Å². The molecule has 0 saturated carbocycles. The Hall–Kier alpha value is -3.02. The Morgan fingerprint density at radius 3 is 2.23 bits per heavy atom. The van der Waals surface area contributed by atoms with E-state index in [2.05, 4.69) is 0 Å². The number of benzene rings is 2. The van der Waals surface area contributed by atoms with Gasteiger partial charge in [0.05, 0.1) is 12.7 Å². The summed E-state index contributed by atoms with van der Waals surface area (Å²) in [6.45, 7) is 0.215. The summed E-state index contributed by atoms with van der Waals surface area (Å²) in [6, 6.07) is 11.5. The minimum atomic E-state index is -0.582. The quantitative estimate of drug-likeness (QED) is 0.842. The molecule has 0 saturated heterocycles. The number of ether oxygens (including phenoxy) is 2. The first kappa shape index (κ1) is 15.4. The van der Waals surface area contributed by atoms with Crippen LogP contribution in [0.2, 0.25) is 0 Å². The van der Waals surface area contributed by atoms with E-state index in [4.69, 9.17) is 20.9 Å². The van der Waals surface area contributed by atoms with Crippen molar-refractivity contribution in [1.29, 1.82) is 0 Å². The van der Waals surface area contributed by atoms with Crippen LogP contribution in [0, 0.1) is 0 Å². The van der Waals surface area contributed by atoms with Gasteiger partial charge in [0.1, 0.15) is 18.1 Å². The first-order valence-corrected chi connectivity index (χ1v) is 6.50. The number of rotatable bonds is 6. The van der Waals surface area contributed by atoms with E-state index in [1.807, 2.05) is 0 Å². The molecule has 0 bridgehead atoms. The topological polar surface area (TPSA) is 105 Å². The molecule has 6 heteroatoms. The van der Waals surface area contributed by atoms with Crippen LogP contribution in [0.1, 0.15) is 26.3 Å². The van der Waals surface area contributed by atoms with E-state index >= 15 is 0 Å². The highest BCUT2D eigenvalue weighted by Gasteiger charge is 2.11. The lowest BCUT2D eigenvalue weighted by Crippen LogP contribution is -2.13. The second-order valence-corrected chi connectivity index (χ2v) is 4.58. The maximum absolute atomic E-state index is 11.4. The van der Waals surface area contributed by atoms with Crippen molar-refractivity contribution in [3.63, 3.8) is 0 Å². The molecule has 0 aliphatic heterocycles. The summed E-state index contributed by atoms with van der Waals surface area (Å²) in [5.41, 5.74) is 12.0. The first-order chi connectivity index (χ1) is 10.5. The van der Waals surface area contributed by atoms with Gasteiger partial charge < -0.3 is 20.9 Å². The van der Waals surface area contributed by atoms with Crippen LogP contribution in [0.15, 0.2) is 42.5 Å². The van der Waals surface area contributed by atoms with E-state index in [0.717, 1.165) is 5.56 Å². The lowest BCUT2D eigenvalue weighted by Gasteiger charge is -2.11. The van der Waals surface area contributed by atoms with Gasteiger partial charge in [-0.15, -0.1) is 0 Å². The number of carbonyl (C=O) groups is 2. The van der Waals surface area contributed by atoms with Gasteiger partial charge in [-0.05, 0) is 29.8 Å². The van der Waals surface area contributed by atoms with Crippen LogP contribution in [0.4, 0.5) is 0 Å². The molecule has 2 amide bonds. The third kappa shape index (κ3) is 3.54. The predicted octanol–water partition coefficient (Wildman–Crippen LogP) is 1.47. The lowest BCUT2D eigenvalue weighted by atomic mass is 10.1. The van der Waals surface area contributed by atoms with E-state index in [-0.39, 0.29) is 12.2 Å². The van der Waals surface area contributed by atoms with Gasteiger partial charge >= 0.3 is 0 Å².